The van der Waals surface area contributed by atoms with Crippen LogP contribution in [0.25, 0.3) is 0 Å². The number of aromatic nitrogens is 1. The number of hydrogen-bond donors (Lipinski definition) is 1. The minimum atomic E-state index is -4.44. The summed E-state index contributed by atoms with van der Waals surface area (Å²) in [6.45, 7) is 1.74. The van der Waals surface area contributed by atoms with Gasteiger partial charge in [-0.3, -0.25) is 10.1 Å². The molecule has 0 aliphatic heterocycles. The SMILES string of the molecule is Cc1nc(NC(=O)c2ccc(Br)cc2)sc1Cc1cc(C(F)(F)F)ccc1Cl. The fraction of sp³-hybridized carbons (Fsp3) is 0.158. The maximum atomic E-state index is 12.9. The first-order valence-corrected chi connectivity index (χ1v) is 10.0. The third-order valence-electron chi connectivity index (χ3n) is 3.94. The fourth-order valence-corrected chi connectivity index (χ4v) is 3.90. The fourth-order valence-electron chi connectivity index (χ4n) is 2.48. The molecule has 0 aliphatic carbocycles. The second-order valence-electron chi connectivity index (χ2n) is 5.97. The van der Waals surface area contributed by atoms with Gasteiger partial charge in [0.05, 0.1) is 11.3 Å². The van der Waals surface area contributed by atoms with E-state index in [0.29, 0.717) is 22.0 Å². The Morgan fingerprint density at radius 3 is 2.54 bits per heavy atom. The molecular formula is C19H13BrClF3N2OS. The lowest BCUT2D eigenvalue weighted by molar-refractivity contribution is -0.137. The van der Waals surface area contributed by atoms with E-state index in [1.165, 1.54) is 17.4 Å². The van der Waals surface area contributed by atoms with E-state index < -0.39 is 11.7 Å². The van der Waals surface area contributed by atoms with Crippen LogP contribution < -0.4 is 5.32 Å². The Balaban J connectivity index is 1.79. The van der Waals surface area contributed by atoms with E-state index in [1.54, 1.807) is 31.2 Å². The molecule has 2 aromatic carbocycles. The molecule has 0 unspecified atom stereocenters. The van der Waals surface area contributed by atoms with Gasteiger partial charge >= 0.3 is 6.18 Å². The summed E-state index contributed by atoms with van der Waals surface area (Å²) in [6, 6.07) is 10.1. The van der Waals surface area contributed by atoms with Crippen molar-refractivity contribution < 1.29 is 18.0 Å². The monoisotopic (exact) mass is 488 g/mol. The number of carbonyl (C=O) groups is 1. The van der Waals surface area contributed by atoms with Crippen LogP contribution in [0.1, 0.15) is 32.1 Å². The molecule has 9 heteroatoms. The molecule has 0 bridgehead atoms. The molecule has 0 aliphatic rings. The van der Waals surface area contributed by atoms with E-state index >= 15 is 0 Å². The first-order chi connectivity index (χ1) is 13.1. The summed E-state index contributed by atoms with van der Waals surface area (Å²) < 4.78 is 39.7. The van der Waals surface area contributed by atoms with Gasteiger partial charge in [-0.25, -0.2) is 4.98 Å². The van der Waals surface area contributed by atoms with Crippen LogP contribution in [0.4, 0.5) is 18.3 Å². The van der Waals surface area contributed by atoms with Crippen molar-refractivity contribution in [3.05, 3.63) is 79.2 Å². The lowest BCUT2D eigenvalue weighted by Gasteiger charge is -2.10. The molecule has 0 saturated heterocycles. The van der Waals surface area contributed by atoms with Crippen molar-refractivity contribution in [3.8, 4) is 0 Å². The first-order valence-electron chi connectivity index (χ1n) is 8.02. The van der Waals surface area contributed by atoms with Gasteiger partial charge in [0.25, 0.3) is 5.91 Å². The van der Waals surface area contributed by atoms with Crippen LogP contribution in [0, 0.1) is 6.92 Å². The Labute approximate surface area is 176 Å². The number of nitrogens with zero attached hydrogens (tertiary/aromatic N) is 1. The third-order valence-corrected chi connectivity index (χ3v) is 5.91. The molecule has 0 atom stereocenters. The van der Waals surface area contributed by atoms with E-state index in [9.17, 15) is 18.0 Å². The minimum Gasteiger partial charge on any atom is -0.298 e. The van der Waals surface area contributed by atoms with Gasteiger partial charge in [0, 0.05) is 26.4 Å². The number of halogens is 5. The van der Waals surface area contributed by atoms with Crippen LogP contribution in [0.2, 0.25) is 5.02 Å². The Bertz CT molecular complexity index is 1020. The molecule has 0 fully saturated rings. The Kier molecular flexibility index (Phi) is 6.12. The summed E-state index contributed by atoms with van der Waals surface area (Å²) >= 11 is 10.6. The summed E-state index contributed by atoms with van der Waals surface area (Å²) in [4.78, 5) is 17.3. The zero-order valence-electron chi connectivity index (χ0n) is 14.4. The number of hydrogen-bond acceptors (Lipinski definition) is 3. The Morgan fingerprint density at radius 2 is 1.89 bits per heavy atom. The molecule has 3 aromatic rings. The van der Waals surface area contributed by atoms with E-state index in [0.717, 1.165) is 21.5 Å². The molecule has 146 valence electrons. The van der Waals surface area contributed by atoms with Gasteiger partial charge in [0.1, 0.15) is 0 Å². The maximum Gasteiger partial charge on any atom is 0.416 e. The average molecular weight is 490 g/mol. The lowest BCUT2D eigenvalue weighted by atomic mass is 10.1. The van der Waals surface area contributed by atoms with Crippen molar-refractivity contribution >= 4 is 49.9 Å². The molecule has 1 aromatic heterocycles. The van der Waals surface area contributed by atoms with Crippen LogP contribution in [0.5, 0.6) is 0 Å². The molecule has 0 radical (unpaired) electrons. The molecule has 0 spiro atoms. The van der Waals surface area contributed by atoms with E-state index in [-0.39, 0.29) is 17.4 Å². The molecule has 1 N–H and O–H groups in total. The summed E-state index contributed by atoms with van der Waals surface area (Å²) in [5, 5.41) is 3.34. The van der Waals surface area contributed by atoms with Gasteiger partial charge in [0.2, 0.25) is 0 Å². The number of amides is 1. The van der Waals surface area contributed by atoms with Gasteiger partial charge in [-0.05, 0) is 55.0 Å². The number of thiazole rings is 1. The number of nitrogens with one attached hydrogen (secondary N) is 1. The number of rotatable bonds is 4. The highest BCUT2D eigenvalue weighted by molar-refractivity contribution is 9.10. The number of anilines is 1. The normalized spacial score (nSPS) is 11.5. The van der Waals surface area contributed by atoms with E-state index in [2.05, 4.69) is 26.2 Å². The summed E-state index contributed by atoms with van der Waals surface area (Å²) in [5.74, 6) is -0.315. The van der Waals surface area contributed by atoms with Crippen molar-refractivity contribution in [1.29, 1.82) is 0 Å². The van der Waals surface area contributed by atoms with Gasteiger partial charge < -0.3 is 0 Å². The molecule has 3 nitrogen and oxygen atoms in total. The first kappa shape index (κ1) is 20.8. The zero-order valence-corrected chi connectivity index (χ0v) is 17.6. The van der Waals surface area contributed by atoms with Gasteiger partial charge in [0.15, 0.2) is 5.13 Å². The van der Waals surface area contributed by atoms with Gasteiger partial charge in [-0.1, -0.05) is 27.5 Å². The van der Waals surface area contributed by atoms with Gasteiger partial charge in [-0.15, -0.1) is 11.3 Å². The zero-order chi connectivity index (χ0) is 20.5. The van der Waals surface area contributed by atoms with Crippen LogP contribution in [-0.2, 0) is 12.6 Å². The second kappa shape index (κ2) is 8.23. The van der Waals surface area contributed by atoms with Crippen molar-refractivity contribution in [2.45, 2.75) is 19.5 Å². The quantitative estimate of drug-likeness (QED) is 0.441. The summed E-state index contributed by atoms with van der Waals surface area (Å²) in [6.07, 6.45) is -4.24. The topological polar surface area (TPSA) is 42.0 Å². The van der Waals surface area contributed by atoms with Gasteiger partial charge in [-0.2, -0.15) is 13.2 Å². The predicted molar refractivity (Wildman–Crippen MR) is 108 cm³/mol. The Morgan fingerprint density at radius 1 is 1.21 bits per heavy atom. The van der Waals surface area contributed by atoms with E-state index in [4.69, 9.17) is 11.6 Å². The minimum absolute atomic E-state index is 0.195. The van der Waals surface area contributed by atoms with Crippen LogP contribution in [0.3, 0.4) is 0 Å². The molecule has 1 heterocycles. The molecule has 28 heavy (non-hydrogen) atoms. The highest BCUT2D eigenvalue weighted by Gasteiger charge is 2.31. The summed E-state index contributed by atoms with van der Waals surface area (Å²) in [5.41, 5.74) is 0.704. The van der Waals surface area contributed by atoms with Crippen LogP contribution in [-0.4, -0.2) is 10.9 Å². The van der Waals surface area contributed by atoms with Crippen molar-refractivity contribution in [2.75, 3.05) is 5.32 Å². The van der Waals surface area contributed by atoms with Crippen molar-refractivity contribution in [3.63, 3.8) is 0 Å². The molecular weight excluding hydrogens is 477 g/mol. The van der Waals surface area contributed by atoms with Crippen LogP contribution in [0.15, 0.2) is 46.9 Å². The number of aryl methyl sites for hydroxylation is 1. The predicted octanol–water partition coefficient (Wildman–Crippen LogP) is 6.73. The summed E-state index contributed by atoms with van der Waals surface area (Å²) in [7, 11) is 0. The molecule has 1 amide bonds. The second-order valence-corrected chi connectivity index (χ2v) is 8.38. The largest absolute Gasteiger partial charge is 0.416 e. The highest BCUT2D eigenvalue weighted by Crippen LogP contribution is 2.34. The highest BCUT2D eigenvalue weighted by atomic mass is 79.9. The standard InChI is InChI=1S/C19H13BrClF3N2OS/c1-10-16(9-12-8-13(19(22,23)24)4-7-15(12)21)28-18(25-10)26-17(27)11-2-5-14(20)6-3-11/h2-8H,9H2,1H3,(H,25,26,27). The van der Waals surface area contributed by atoms with E-state index in [1.807, 2.05) is 0 Å². The third kappa shape index (κ3) is 4.92. The van der Waals surface area contributed by atoms with Crippen molar-refractivity contribution in [2.24, 2.45) is 0 Å². The molecule has 3 rings (SSSR count). The maximum absolute atomic E-state index is 12.9. The van der Waals surface area contributed by atoms with Crippen LogP contribution >= 0.6 is 38.9 Å². The number of carbonyl (C=O) groups excluding carboxylic acids is 1. The molecule has 0 saturated carbocycles. The smallest absolute Gasteiger partial charge is 0.298 e. The number of benzene rings is 2. The van der Waals surface area contributed by atoms with Crippen molar-refractivity contribution in [1.82, 2.24) is 4.98 Å². The lowest BCUT2D eigenvalue weighted by Crippen LogP contribution is -2.11. The average Bonchev–Trinajstić information content (AvgIpc) is 2.95. The Hall–Kier alpha value is -1.90. The number of alkyl halides is 3.